The number of benzene rings is 1. The SMILES string of the molecule is C/C(=C/CNC1Cc2ccccc2C1)C(=O)O. The fraction of sp³-hybridized carbons (Fsp3) is 0.357. The number of nitrogens with one attached hydrogen (secondary N) is 1. The lowest BCUT2D eigenvalue weighted by Gasteiger charge is -2.09. The lowest BCUT2D eigenvalue weighted by atomic mass is 10.1. The third-order valence-electron chi connectivity index (χ3n) is 3.20. The first-order valence-electron chi connectivity index (χ1n) is 5.87. The lowest BCUT2D eigenvalue weighted by molar-refractivity contribution is -0.132. The Kier molecular flexibility index (Phi) is 3.59. The van der Waals surface area contributed by atoms with Crippen molar-refractivity contribution in [2.45, 2.75) is 25.8 Å². The number of carboxylic acid groups (broad SMARTS) is 1. The van der Waals surface area contributed by atoms with Crippen LogP contribution in [0.3, 0.4) is 0 Å². The largest absolute Gasteiger partial charge is 0.478 e. The molecule has 2 rings (SSSR count). The summed E-state index contributed by atoms with van der Waals surface area (Å²) in [4.78, 5) is 10.6. The molecule has 0 bridgehead atoms. The first-order chi connectivity index (χ1) is 8.16. The van der Waals surface area contributed by atoms with Crippen molar-refractivity contribution in [3.8, 4) is 0 Å². The molecule has 1 aliphatic rings. The second kappa shape index (κ2) is 5.15. The number of aliphatic carboxylic acids is 1. The van der Waals surface area contributed by atoms with Gasteiger partial charge in [-0.25, -0.2) is 4.79 Å². The van der Waals surface area contributed by atoms with Gasteiger partial charge in [-0.1, -0.05) is 30.3 Å². The summed E-state index contributed by atoms with van der Waals surface area (Å²) in [5, 5.41) is 12.1. The van der Waals surface area contributed by atoms with E-state index in [1.165, 1.54) is 11.1 Å². The molecule has 3 heteroatoms. The normalized spacial score (nSPS) is 15.9. The van der Waals surface area contributed by atoms with Crippen LogP contribution in [0.1, 0.15) is 18.1 Å². The van der Waals surface area contributed by atoms with Crippen molar-refractivity contribution in [3.63, 3.8) is 0 Å². The van der Waals surface area contributed by atoms with Crippen LogP contribution in [0.5, 0.6) is 0 Å². The molecular weight excluding hydrogens is 214 g/mol. The van der Waals surface area contributed by atoms with E-state index in [2.05, 4.69) is 29.6 Å². The van der Waals surface area contributed by atoms with E-state index in [1.807, 2.05) is 0 Å². The molecule has 0 spiro atoms. The van der Waals surface area contributed by atoms with Crippen LogP contribution >= 0.6 is 0 Å². The fourth-order valence-electron chi connectivity index (χ4n) is 2.17. The standard InChI is InChI=1S/C14H17NO2/c1-10(14(16)17)6-7-15-13-8-11-4-2-3-5-12(11)9-13/h2-6,13,15H,7-9H2,1H3,(H,16,17)/b10-6-. The van der Waals surface area contributed by atoms with Gasteiger partial charge in [0.05, 0.1) is 0 Å². The first kappa shape index (κ1) is 11.9. The average Bonchev–Trinajstić information content (AvgIpc) is 2.71. The molecule has 0 fully saturated rings. The zero-order valence-electron chi connectivity index (χ0n) is 9.94. The molecule has 1 aliphatic carbocycles. The Bertz CT molecular complexity index is 426. The van der Waals surface area contributed by atoms with Gasteiger partial charge in [0.1, 0.15) is 0 Å². The van der Waals surface area contributed by atoms with Crippen molar-refractivity contribution in [1.82, 2.24) is 5.32 Å². The number of carboxylic acids is 1. The molecule has 0 amide bonds. The molecule has 0 atom stereocenters. The summed E-state index contributed by atoms with van der Waals surface area (Å²) in [7, 11) is 0. The summed E-state index contributed by atoms with van der Waals surface area (Å²) in [5.74, 6) is -0.846. The Morgan fingerprint density at radius 2 is 2.00 bits per heavy atom. The lowest BCUT2D eigenvalue weighted by Crippen LogP contribution is -2.29. The van der Waals surface area contributed by atoms with Crippen LogP contribution in [0.15, 0.2) is 35.9 Å². The summed E-state index contributed by atoms with van der Waals surface area (Å²) in [6.45, 7) is 2.24. The molecule has 90 valence electrons. The van der Waals surface area contributed by atoms with Gasteiger partial charge in [0.2, 0.25) is 0 Å². The van der Waals surface area contributed by atoms with Gasteiger partial charge in [0.15, 0.2) is 0 Å². The molecule has 0 saturated heterocycles. The Morgan fingerprint density at radius 1 is 1.41 bits per heavy atom. The van der Waals surface area contributed by atoms with E-state index in [0.29, 0.717) is 18.2 Å². The maximum Gasteiger partial charge on any atom is 0.330 e. The minimum Gasteiger partial charge on any atom is -0.478 e. The second-order valence-corrected chi connectivity index (χ2v) is 4.47. The summed E-state index contributed by atoms with van der Waals surface area (Å²) in [6.07, 6.45) is 3.80. The third kappa shape index (κ3) is 2.94. The van der Waals surface area contributed by atoms with Crippen molar-refractivity contribution < 1.29 is 9.90 Å². The summed E-state index contributed by atoms with van der Waals surface area (Å²) >= 11 is 0. The Morgan fingerprint density at radius 3 is 2.53 bits per heavy atom. The van der Waals surface area contributed by atoms with Crippen molar-refractivity contribution in [3.05, 3.63) is 47.0 Å². The number of hydrogen-bond acceptors (Lipinski definition) is 2. The molecule has 0 saturated carbocycles. The van der Waals surface area contributed by atoms with Crippen molar-refractivity contribution in [2.75, 3.05) is 6.54 Å². The van der Waals surface area contributed by atoms with Crippen LogP contribution in [0.2, 0.25) is 0 Å². The van der Waals surface area contributed by atoms with Crippen LogP contribution in [0.25, 0.3) is 0 Å². The van der Waals surface area contributed by atoms with Crippen molar-refractivity contribution in [1.29, 1.82) is 0 Å². The molecule has 3 nitrogen and oxygen atoms in total. The summed E-state index contributed by atoms with van der Waals surface area (Å²) in [5.41, 5.74) is 3.21. The van der Waals surface area contributed by atoms with Gasteiger partial charge in [0.25, 0.3) is 0 Å². The average molecular weight is 231 g/mol. The van der Waals surface area contributed by atoms with E-state index in [0.717, 1.165) is 12.8 Å². The van der Waals surface area contributed by atoms with Gasteiger partial charge < -0.3 is 10.4 Å². The van der Waals surface area contributed by atoms with Gasteiger partial charge in [-0.2, -0.15) is 0 Å². The van der Waals surface area contributed by atoms with E-state index in [1.54, 1.807) is 13.0 Å². The Labute approximate surface area is 101 Å². The molecule has 17 heavy (non-hydrogen) atoms. The maximum atomic E-state index is 10.6. The number of hydrogen-bond donors (Lipinski definition) is 2. The fourth-order valence-corrected chi connectivity index (χ4v) is 2.17. The van der Waals surface area contributed by atoms with E-state index in [9.17, 15) is 4.79 Å². The molecule has 0 radical (unpaired) electrons. The molecule has 0 aromatic heterocycles. The quantitative estimate of drug-likeness (QED) is 0.776. The molecule has 2 N–H and O–H groups in total. The second-order valence-electron chi connectivity index (χ2n) is 4.47. The zero-order valence-corrected chi connectivity index (χ0v) is 9.94. The maximum absolute atomic E-state index is 10.6. The highest BCUT2D eigenvalue weighted by Crippen LogP contribution is 2.21. The topological polar surface area (TPSA) is 49.3 Å². The van der Waals surface area contributed by atoms with Crippen LogP contribution in [0.4, 0.5) is 0 Å². The number of rotatable bonds is 4. The summed E-state index contributed by atoms with van der Waals surface area (Å²) < 4.78 is 0. The van der Waals surface area contributed by atoms with E-state index < -0.39 is 5.97 Å². The molecular formula is C14H17NO2. The van der Waals surface area contributed by atoms with Crippen LogP contribution < -0.4 is 5.32 Å². The minimum atomic E-state index is -0.846. The van der Waals surface area contributed by atoms with Gasteiger partial charge in [0, 0.05) is 18.2 Å². The third-order valence-corrected chi connectivity index (χ3v) is 3.20. The highest BCUT2D eigenvalue weighted by molar-refractivity contribution is 5.85. The monoisotopic (exact) mass is 231 g/mol. The number of carbonyl (C=O) groups is 1. The van der Waals surface area contributed by atoms with Crippen molar-refractivity contribution >= 4 is 5.97 Å². The van der Waals surface area contributed by atoms with E-state index in [4.69, 9.17) is 5.11 Å². The van der Waals surface area contributed by atoms with E-state index >= 15 is 0 Å². The molecule has 0 unspecified atom stereocenters. The minimum absolute atomic E-state index is 0.396. The van der Waals surface area contributed by atoms with Crippen LogP contribution in [0, 0.1) is 0 Å². The molecule has 1 aromatic carbocycles. The first-order valence-corrected chi connectivity index (χ1v) is 5.87. The Hall–Kier alpha value is -1.61. The zero-order chi connectivity index (χ0) is 12.3. The predicted octanol–water partition coefficient (Wildman–Crippen LogP) is 1.77. The molecule has 0 heterocycles. The van der Waals surface area contributed by atoms with Gasteiger partial charge >= 0.3 is 5.97 Å². The smallest absolute Gasteiger partial charge is 0.330 e. The number of fused-ring (bicyclic) bond motifs is 1. The van der Waals surface area contributed by atoms with Crippen LogP contribution in [-0.2, 0) is 17.6 Å². The van der Waals surface area contributed by atoms with Gasteiger partial charge in [-0.15, -0.1) is 0 Å². The highest BCUT2D eigenvalue weighted by Gasteiger charge is 2.19. The van der Waals surface area contributed by atoms with Gasteiger partial charge in [-0.05, 0) is 30.9 Å². The summed E-state index contributed by atoms with van der Waals surface area (Å²) in [6, 6.07) is 8.89. The van der Waals surface area contributed by atoms with Gasteiger partial charge in [-0.3, -0.25) is 0 Å². The predicted molar refractivity (Wildman–Crippen MR) is 67.0 cm³/mol. The van der Waals surface area contributed by atoms with Crippen molar-refractivity contribution in [2.24, 2.45) is 0 Å². The highest BCUT2D eigenvalue weighted by atomic mass is 16.4. The molecule has 1 aromatic rings. The van der Waals surface area contributed by atoms with E-state index in [-0.39, 0.29) is 0 Å². The molecule has 0 aliphatic heterocycles. The Balaban J connectivity index is 1.85. The van der Waals surface area contributed by atoms with Crippen LogP contribution in [-0.4, -0.2) is 23.7 Å².